The van der Waals surface area contributed by atoms with Gasteiger partial charge in [-0.05, 0) is 39.3 Å². The van der Waals surface area contributed by atoms with Gasteiger partial charge in [-0.3, -0.25) is 4.79 Å². The Labute approximate surface area is 170 Å². The summed E-state index contributed by atoms with van der Waals surface area (Å²) < 4.78 is 16.0. The van der Waals surface area contributed by atoms with Crippen molar-refractivity contribution in [2.75, 3.05) is 6.61 Å². The summed E-state index contributed by atoms with van der Waals surface area (Å²) in [6.07, 6.45) is 3.72. The summed E-state index contributed by atoms with van der Waals surface area (Å²) in [6, 6.07) is 0. The number of hydrogen-bond donors (Lipinski definition) is 1. The summed E-state index contributed by atoms with van der Waals surface area (Å²) in [5.74, 6) is -2.08. The molecule has 7 heteroatoms. The van der Waals surface area contributed by atoms with E-state index in [0.29, 0.717) is 12.8 Å². The molecule has 1 saturated heterocycles. The van der Waals surface area contributed by atoms with Gasteiger partial charge in [-0.15, -0.1) is 0 Å². The van der Waals surface area contributed by atoms with E-state index in [2.05, 4.69) is 6.58 Å². The quantitative estimate of drug-likeness (QED) is 0.333. The molecule has 0 radical (unpaired) electrons. The lowest BCUT2D eigenvalue weighted by molar-refractivity contribution is -0.147. The van der Waals surface area contributed by atoms with Crippen LogP contribution in [-0.2, 0) is 28.6 Å². The third-order valence-electron chi connectivity index (χ3n) is 4.90. The van der Waals surface area contributed by atoms with Crippen molar-refractivity contribution >= 4 is 17.9 Å². The highest BCUT2D eigenvalue weighted by Crippen LogP contribution is 2.36. The van der Waals surface area contributed by atoms with Gasteiger partial charge in [0, 0.05) is 24.5 Å². The fourth-order valence-electron chi connectivity index (χ4n) is 3.47. The Hall–Kier alpha value is -2.67. The predicted molar refractivity (Wildman–Crippen MR) is 106 cm³/mol. The Morgan fingerprint density at radius 1 is 1.24 bits per heavy atom. The van der Waals surface area contributed by atoms with Crippen molar-refractivity contribution in [3.05, 3.63) is 47.1 Å². The summed E-state index contributed by atoms with van der Waals surface area (Å²) in [5, 5.41) is 10.2. The molecule has 0 saturated carbocycles. The minimum absolute atomic E-state index is 0.0334. The van der Waals surface area contributed by atoms with E-state index in [4.69, 9.17) is 14.2 Å². The number of fused-ring (bicyclic) bond motifs is 1. The van der Waals surface area contributed by atoms with Crippen molar-refractivity contribution in [1.82, 2.24) is 0 Å². The van der Waals surface area contributed by atoms with Crippen LogP contribution in [0.5, 0.6) is 0 Å². The van der Waals surface area contributed by atoms with Crippen LogP contribution in [0.2, 0.25) is 0 Å². The molecule has 2 rings (SSSR count). The molecule has 0 aromatic carbocycles. The Balaban J connectivity index is 2.29. The van der Waals surface area contributed by atoms with Crippen molar-refractivity contribution in [3.63, 3.8) is 0 Å². The lowest BCUT2D eigenvalue weighted by Crippen LogP contribution is -2.34. The number of carbonyl (C=O) groups excluding carboxylic acids is 3. The highest BCUT2D eigenvalue weighted by molar-refractivity contribution is 5.92. The van der Waals surface area contributed by atoms with Gasteiger partial charge in [-0.2, -0.15) is 0 Å². The van der Waals surface area contributed by atoms with Crippen LogP contribution in [0.1, 0.15) is 40.5 Å². The van der Waals surface area contributed by atoms with E-state index in [-0.39, 0.29) is 17.8 Å². The molecule has 0 amide bonds. The van der Waals surface area contributed by atoms with E-state index in [1.807, 2.05) is 13.8 Å². The van der Waals surface area contributed by atoms with E-state index in [9.17, 15) is 19.5 Å². The molecule has 0 spiro atoms. The molecule has 1 heterocycles. The molecular weight excluding hydrogens is 376 g/mol. The largest absolute Gasteiger partial charge is 0.462 e. The number of ether oxygens (including phenoxy) is 3. The van der Waals surface area contributed by atoms with Crippen molar-refractivity contribution in [2.24, 2.45) is 5.92 Å². The summed E-state index contributed by atoms with van der Waals surface area (Å²) in [7, 11) is 0. The topological polar surface area (TPSA) is 99.1 Å². The van der Waals surface area contributed by atoms with Crippen LogP contribution in [0.4, 0.5) is 0 Å². The van der Waals surface area contributed by atoms with Crippen molar-refractivity contribution < 1.29 is 33.7 Å². The summed E-state index contributed by atoms with van der Waals surface area (Å²) in [4.78, 5) is 35.6. The van der Waals surface area contributed by atoms with Crippen molar-refractivity contribution in [3.8, 4) is 0 Å². The maximum Gasteiger partial charge on any atom is 0.334 e. The molecule has 1 fully saturated rings. The molecule has 158 valence electrons. The van der Waals surface area contributed by atoms with Crippen LogP contribution in [-0.4, -0.2) is 47.9 Å². The highest BCUT2D eigenvalue weighted by Gasteiger charge is 2.44. The van der Waals surface area contributed by atoms with Gasteiger partial charge < -0.3 is 19.3 Å². The van der Waals surface area contributed by atoms with Crippen LogP contribution >= 0.6 is 0 Å². The van der Waals surface area contributed by atoms with Gasteiger partial charge in [0.25, 0.3) is 0 Å². The lowest BCUT2D eigenvalue weighted by atomic mass is 9.85. The van der Waals surface area contributed by atoms with Crippen LogP contribution < -0.4 is 0 Å². The zero-order valence-electron chi connectivity index (χ0n) is 17.3. The first-order valence-corrected chi connectivity index (χ1v) is 9.52. The van der Waals surface area contributed by atoms with Gasteiger partial charge in [0.15, 0.2) is 0 Å². The van der Waals surface area contributed by atoms with Gasteiger partial charge in [0.2, 0.25) is 0 Å². The fraction of sp³-hybridized carbons (Fsp3) is 0.500. The Bertz CT molecular complexity index is 787. The number of rotatable bonds is 4. The second-order valence-electron chi connectivity index (χ2n) is 7.56. The third-order valence-corrected chi connectivity index (χ3v) is 4.90. The zero-order chi connectivity index (χ0) is 21.7. The number of aliphatic hydroxyl groups excluding tert-OH is 1. The molecule has 4 atom stereocenters. The van der Waals surface area contributed by atoms with Gasteiger partial charge >= 0.3 is 17.9 Å². The van der Waals surface area contributed by atoms with Gasteiger partial charge in [-0.1, -0.05) is 23.8 Å². The number of esters is 3. The highest BCUT2D eigenvalue weighted by atomic mass is 16.6. The van der Waals surface area contributed by atoms with Crippen LogP contribution in [0.3, 0.4) is 0 Å². The number of carbonyl (C=O) groups is 3. The molecule has 0 aromatic heterocycles. The molecular formula is C22H28O7. The van der Waals surface area contributed by atoms with Crippen molar-refractivity contribution in [1.29, 1.82) is 0 Å². The molecule has 1 N–H and O–H groups in total. The second kappa shape index (κ2) is 9.69. The summed E-state index contributed by atoms with van der Waals surface area (Å²) >= 11 is 0. The van der Waals surface area contributed by atoms with E-state index in [1.165, 1.54) is 13.0 Å². The number of aliphatic hydroxyl groups is 1. The minimum atomic E-state index is -0.700. The van der Waals surface area contributed by atoms with E-state index >= 15 is 0 Å². The molecule has 1 aliphatic heterocycles. The summed E-state index contributed by atoms with van der Waals surface area (Å²) in [6.45, 7) is 10.3. The molecule has 2 aliphatic rings. The second-order valence-corrected chi connectivity index (χ2v) is 7.56. The molecule has 7 nitrogen and oxygen atoms in total. The first kappa shape index (κ1) is 22.6. The average molecular weight is 404 g/mol. The SMILES string of the molecule is C=C1C(=O)O[C@H]2/C=C(\C)C[C@H](O)/C=C(/C)C[C@@H](OC(=O)/C(C)=C\COC(C)=O)[C@@H]12. The first-order valence-electron chi connectivity index (χ1n) is 9.52. The van der Waals surface area contributed by atoms with Gasteiger partial charge in [0.05, 0.1) is 12.0 Å². The monoisotopic (exact) mass is 404 g/mol. The van der Waals surface area contributed by atoms with Crippen LogP contribution in [0.15, 0.2) is 47.1 Å². The Morgan fingerprint density at radius 3 is 2.55 bits per heavy atom. The van der Waals surface area contributed by atoms with Gasteiger partial charge in [-0.25, -0.2) is 9.59 Å². The molecule has 1 aliphatic carbocycles. The standard InChI is InChI=1S/C22H28O7/c1-12-8-17(24)9-13(2)11-19-20(15(4)22(26)29-19)18(10-12)28-21(25)14(3)6-7-27-16(5)23/h6,8,11,17-20,24H,4,7,9-10H2,1-3,5H3/b12-8-,13-11+,14-6-/t17-,18-,19+,20-/m1/s1. The molecule has 0 bridgehead atoms. The van der Waals surface area contributed by atoms with E-state index in [1.54, 1.807) is 19.1 Å². The van der Waals surface area contributed by atoms with E-state index in [0.717, 1.165) is 11.1 Å². The normalized spacial score (nSPS) is 31.6. The zero-order valence-corrected chi connectivity index (χ0v) is 17.3. The van der Waals surface area contributed by atoms with Crippen molar-refractivity contribution in [2.45, 2.75) is 58.8 Å². The Morgan fingerprint density at radius 2 is 1.90 bits per heavy atom. The minimum Gasteiger partial charge on any atom is -0.462 e. The predicted octanol–water partition coefficient (Wildman–Crippen LogP) is 2.55. The van der Waals surface area contributed by atoms with Crippen LogP contribution in [0, 0.1) is 5.92 Å². The Kier molecular flexibility index (Phi) is 7.56. The van der Waals surface area contributed by atoms with Gasteiger partial charge in [0.1, 0.15) is 18.8 Å². The van der Waals surface area contributed by atoms with Crippen LogP contribution in [0.25, 0.3) is 0 Å². The summed E-state index contributed by atoms with van der Waals surface area (Å²) in [5.41, 5.74) is 2.23. The molecule has 29 heavy (non-hydrogen) atoms. The third kappa shape index (κ3) is 6.15. The molecule has 0 aromatic rings. The smallest absolute Gasteiger partial charge is 0.334 e. The lowest BCUT2D eigenvalue weighted by Gasteiger charge is -2.28. The fourth-order valence-corrected chi connectivity index (χ4v) is 3.47. The van der Waals surface area contributed by atoms with E-state index < -0.39 is 42.1 Å². The average Bonchev–Trinajstić information content (AvgIpc) is 2.86. The number of hydrogen-bond acceptors (Lipinski definition) is 7. The molecule has 0 unspecified atom stereocenters. The maximum atomic E-state index is 12.6. The maximum absolute atomic E-state index is 12.6. The first-order chi connectivity index (χ1) is 13.6.